The van der Waals surface area contributed by atoms with Crippen molar-refractivity contribution in [3.8, 4) is 17.4 Å². The van der Waals surface area contributed by atoms with Crippen LogP contribution in [0, 0.1) is 0 Å². The van der Waals surface area contributed by atoms with Crippen LogP contribution in [-0.2, 0) is 0 Å². The third kappa shape index (κ3) is 3.98. The number of benzene rings is 2. The van der Waals surface area contributed by atoms with Crippen LogP contribution >= 0.6 is 0 Å². The summed E-state index contributed by atoms with van der Waals surface area (Å²) in [7, 11) is 0. The van der Waals surface area contributed by atoms with Gasteiger partial charge in [-0.15, -0.1) is 0 Å². The van der Waals surface area contributed by atoms with Gasteiger partial charge in [0.1, 0.15) is 12.1 Å². The van der Waals surface area contributed by atoms with Crippen LogP contribution in [0.4, 0.5) is 5.69 Å². The first-order valence-corrected chi connectivity index (χ1v) is 8.24. The number of hydrogen-bond acceptors (Lipinski definition) is 5. The van der Waals surface area contributed by atoms with E-state index < -0.39 is 0 Å². The molecule has 0 aliphatic carbocycles. The molecule has 2 aromatic carbocycles. The quantitative estimate of drug-likeness (QED) is 0.589. The fourth-order valence-corrected chi connectivity index (χ4v) is 2.44. The van der Waals surface area contributed by atoms with Gasteiger partial charge in [-0.25, -0.2) is 14.6 Å². The minimum atomic E-state index is -0.163. The third-order valence-electron chi connectivity index (χ3n) is 3.74. The van der Waals surface area contributed by atoms with Crippen LogP contribution < -0.4 is 10.1 Å². The van der Waals surface area contributed by atoms with Gasteiger partial charge >= 0.3 is 0 Å². The van der Waals surface area contributed by atoms with Crippen LogP contribution in [0.15, 0.2) is 85.5 Å². The molecule has 7 nitrogen and oxygen atoms in total. The van der Waals surface area contributed by atoms with Crippen LogP contribution in [0.25, 0.3) is 5.82 Å². The van der Waals surface area contributed by atoms with E-state index in [9.17, 15) is 4.79 Å². The number of aromatic nitrogens is 4. The molecule has 27 heavy (non-hydrogen) atoms. The molecule has 1 amide bonds. The third-order valence-corrected chi connectivity index (χ3v) is 3.74. The molecule has 0 aliphatic rings. The second-order valence-corrected chi connectivity index (χ2v) is 5.61. The highest BCUT2D eigenvalue weighted by atomic mass is 16.5. The predicted molar refractivity (Wildman–Crippen MR) is 100 cm³/mol. The molecule has 2 heterocycles. The second-order valence-electron chi connectivity index (χ2n) is 5.61. The van der Waals surface area contributed by atoms with E-state index in [0.717, 1.165) is 0 Å². The molecule has 4 aromatic rings. The number of amides is 1. The number of hydrogen-bond donors (Lipinski definition) is 1. The number of ether oxygens (including phenoxy) is 1. The van der Waals surface area contributed by atoms with Gasteiger partial charge in [0.25, 0.3) is 5.91 Å². The Labute approximate surface area is 155 Å². The maximum Gasteiger partial charge on any atom is 0.255 e. The lowest BCUT2D eigenvalue weighted by Crippen LogP contribution is -2.11. The van der Waals surface area contributed by atoms with Crippen molar-refractivity contribution in [3.05, 3.63) is 91.0 Å². The standard InChI is InChI=1S/C20H15N5O2/c26-20(15-5-2-1-3-6-15)24-16-7-9-17(10-8-16)27-19-13-18(21-14-22-19)25-12-4-11-23-25/h1-14H,(H,24,26). The number of anilines is 1. The van der Waals surface area contributed by atoms with E-state index in [1.54, 1.807) is 59.5 Å². The van der Waals surface area contributed by atoms with Crippen molar-refractivity contribution in [2.24, 2.45) is 0 Å². The van der Waals surface area contributed by atoms with Crippen LogP contribution in [0.2, 0.25) is 0 Å². The summed E-state index contributed by atoms with van der Waals surface area (Å²) in [6.07, 6.45) is 4.88. The summed E-state index contributed by atoms with van der Waals surface area (Å²) >= 11 is 0. The SMILES string of the molecule is O=C(Nc1ccc(Oc2cc(-n3cccn3)ncn2)cc1)c1ccccc1. The molecular formula is C20H15N5O2. The highest BCUT2D eigenvalue weighted by Gasteiger charge is 2.06. The molecule has 0 bridgehead atoms. The Hall–Kier alpha value is -4.00. The van der Waals surface area contributed by atoms with Crippen molar-refractivity contribution in [1.29, 1.82) is 0 Å². The molecule has 0 saturated heterocycles. The Morgan fingerprint density at radius 1 is 0.963 bits per heavy atom. The largest absolute Gasteiger partial charge is 0.439 e. The topological polar surface area (TPSA) is 81.9 Å². The Balaban J connectivity index is 1.44. The van der Waals surface area contributed by atoms with Crippen molar-refractivity contribution in [1.82, 2.24) is 19.7 Å². The number of nitrogens with zero attached hydrogens (tertiary/aromatic N) is 4. The normalized spacial score (nSPS) is 10.4. The average molecular weight is 357 g/mol. The smallest absolute Gasteiger partial charge is 0.255 e. The zero-order valence-corrected chi connectivity index (χ0v) is 14.2. The van der Waals surface area contributed by atoms with E-state index in [0.29, 0.717) is 28.7 Å². The summed E-state index contributed by atoms with van der Waals surface area (Å²) in [5.74, 6) is 1.44. The maximum absolute atomic E-state index is 12.2. The molecule has 0 aliphatic heterocycles. The Morgan fingerprint density at radius 3 is 2.52 bits per heavy atom. The van der Waals surface area contributed by atoms with Crippen LogP contribution in [0.1, 0.15) is 10.4 Å². The zero-order chi connectivity index (χ0) is 18.5. The van der Waals surface area contributed by atoms with Crippen molar-refractivity contribution < 1.29 is 9.53 Å². The Bertz CT molecular complexity index is 1030. The minimum absolute atomic E-state index is 0.163. The molecular weight excluding hydrogens is 342 g/mol. The predicted octanol–water partition coefficient (Wildman–Crippen LogP) is 3.71. The second kappa shape index (κ2) is 7.49. The van der Waals surface area contributed by atoms with Gasteiger partial charge in [0.15, 0.2) is 5.82 Å². The fraction of sp³-hybridized carbons (Fsp3) is 0. The zero-order valence-electron chi connectivity index (χ0n) is 14.2. The van der Waals surface area contributed by atoms with E-state index >= 15 is 0 Å². The highest BCUT2D eigenvalue weighted by molar-refractivity contribution is 6.04. The first-order chi connectivity index (χ1) is 13.3. The summed E-state index contributed by atoms with van der Waals surface area (Å²) < 4.78 is 7.38. The first-order valence-electron chi connectivity index (χ1n) is 8.24. The van der Waals surface area contributed by atoms with Crippen molar-refractivity contribution in [3.63, 3.8) is 0 Å². The van der Waals surface area contributed by atoms with E-state index in [2.05, 4.69) is 20.4 Å². The molecule has 0 spiro atoms. The first kappa shape index (κ1) is 16.5. The van der Waals surface area contributed by atoms with E-state index in [-0.39, 0.29) is 5.91 Å². The molecule has 132 valence electrons. The van der Waals surface area contributed by atoms with E-state index in [4.69, 9.17) is 4.74 Å². The lowest BCUT2D eigenvalue weighted by molar-refractivity contribution is 0.102. The van der Waals surface area contributed by atoms with Gasteiger partial charge < -0.3 is 10.1 Å². The van der Waals surface area contributed by atoms with Gasteiger partial charge in [0.05, 0.1) is 0 Å². The van der Waals surface area contributed by atoms with Gasteiger partial charge in [-0.1, -0.05) is 18.2 Å². The van der Waals surface area contributed by atoms with Gasteiger partial charge in [0.2, 0.25) is 5.88 Å². The number of nitrogens with one attached hydrogen (secondary N) is 1. The molecule has 0 saturated carbocycles. The van der Waals surface area contributed by atoms with Crippen molar-refractivity contribution >= 4 is 11.6 Å². The molecule has 0 unspecified atom stereocenters. The number of rotatable bonds is 5. The number of carbonyl (C=O) groups is 1. The van der Waals surface area contributed by atoms with E-state index in [1.807, 2.05) is 24.3 Å². The van der Waals surface area contributed by atoms with Gasteiger partial charge in [-0.05, 0) is 42.5 Å². The Morgan fingerprint density at radius 2 is 1.78 bits per heavy atom. The Kier molecular flexibility index (Phi) is 4.57. The lowest BCUT2D eigenvalue weighted by Gasteiger charge is -2.08. The monoisotopic (exact) mass is 357 g/mol. The molecule has 4 rings (SSSR count). The van der Waals surface area contributed by atoms with Gasteiger partial charge in [-0.2, -0.15) is 5.10 Å². The summed E-state index contributed by atoms with van der Waals surface area (Å²) in [4.78, 5) is 20.4. The summed E-state index contributed by atoms with van der Waals surface area (Å²) in [6.45, 7) is 0. The van der Waals surface area contributed by atoms with Crippen LogP contribution in [-0.4, -0.2) is 25.7 Å². The molecule has 2 aromatic heterocycles. The minimum Gasteiger partial charge on any atom is -0.439 e. The van der Waals surface area contributed by atoms with E-state index in [1.165, 1.54) is 6.33 Å². The average Bonchev–Trinajstić information content (AvgIpc) is 3.25. The van der Waals surface area contributed by atoms with Gasteiger partial charge in [0, 0.05) is 29.7 Å². The van der Waals surface area contributed by atoms with Crippen molar-refractivity contribution in [2.45, 2.75) is 0 Å². The van der Waals surface area contributed by atoms with Crippen LogP contribution in [0.3, 0.4) is 0 Å². The highest BCUT2D eigenvalue weighted by Crippen LogP contribution is 2.22. The fourth-order valence-electron chi connectivity index (χ4n) is 2.44. The maximum atomic E-state index is 12.2. The lowest BCUT2D eigenvalue weighted by atomic mass is 10.2. The van der Waals surface area contributed by atoms with Gasteiger partial charge in [-0.3, -0.25) is 4.79 Å². The molecule has 0 fully saturated rings. The molecule has 7 heteroatoms. The van der Waals surface area contributed by atoms with Crippen molar-refractivity contribution in [2.75, 3.05) is 5.32 Å². The summed E-state index contributed by atoms with van der Waals surface area (Å²) in [6, 6.07) is 19.6. The molecule has 0 radical (unpaired) electrons. The molecule has 0 atom stereocenters. The summed E-state index contributed by atoms with van der Waals surface area (Å²) in [5, 5.41) is 6.97. The van der Waals surface area contributed by atoms with Crippen LogP contribution in [0.5, 0.6) is 11.6 Å². The number of carbonyl (C=O) groups excluding carboxylic acids is 1. The summed E-state index contributed by atoms with van der Waals surface area (Å²) in [5.41, 5.74) is 1.28. The molecule has 1 N–H and O–H groups in total.